The number of esters is 1. The fourth-order valence-corrected chi connectivity index (χ4v) is 11.4. The van der Waals surface area contributed by atoms with Gasteiger partial charge in [-0.15, -0.1) is 0 Å². The number of carbonyl (C=O) groups is 1. The summed E-state index contributed by atoms with van der Waals surface area (Å²) < 4.78 is 22.1. The van der Waals surface area contributed by atoms with Crippen molar-refractivity contribution in [3.63, 3.8) is 0 Å². The van der Waals surface area contributed by atoms with Gasteiger partial charge in [-0.05, 0) is 51.4 Å². The number of para-hydroxylation sites is 2. The molecule has 0 aliphatic carbocycles. The Morgan fingerprint density at radius 3 is 2.21 bits per heavy atom. The summed E-state index contributed by atoms with van der Waals surface area (Å²) in [5.41, 5.74) is 0. The van der Waals surface area contributed by atoms with Crippen molar-refractivity contribution < 1.29 is 23.4 Å². The summed E-state index contributed by atoms with van der Waals surface area (Å²) in [5, 5.41) is 10.1. The third kappa shape index (κ3) is 7.21. The van der Waals surface area contributed by atoms with E-state index in [4.69, 9.17) is 17.9 Å². The van der Waals surface area contributed by atoms with Crippen LogP contribution in [0.2, 0.25) is 39.3 Å². The molecule has 0 radical (unpaired) electrons. The van der Waals surface area contributed by atoms with Gasteiger partial charge in [-0.25, -0.2) is 0 Å². The van der Waals surface area contributed by atoms with E-state index < -0.39 is 30.0 Å². The van der Waals surface area contributed by atoms with Crippen LogP contribution in [0.3, 0.4) is 0 Å². The molecule has 1 atom stereocenters. The van der Waals surface area contributed by atoms with E-state index >= 15 is 0 Å². The van der Waals surface area contributed by atoms with E-state index in [0.29, 0.717) is 0 Å². The topological polar surface area (TPSA) is 77.4 Å². The molecule has 0 saturated carbocycles. The molecule has 0 aromatic heterocycles. The van der Waals surface area contributed by atoms with Crippen LogP contribution in [-0.2, 0) is 13.7 Å². The van der Waals surface area contributed by atoms with Gasteiger partial charge in [-0.2, -0.15) is 0 Å². The highest BCUT2D eigenvalue weighted by molar-refractivity contribution is 7.60. The molecular formula is C15H28NO5PSi2. The first-order valence-electron chi connectivity index (χ1n) is 7.73. The van der Waals surface area contributed by atoms with Crippen LogP contribution in [0.5, 0.6) is 11.5 Å². The van der Waals surface area contributed by atoms with E-state index in [9.17, 15) is 9.90 Å². The van der Waals surface area contributed by atoms with Crippen molar-refractivity contribution in [1.82, 2.24) is 0 Å². The van der Waals surface area contributed by atoms with Gasteiger partial charge in [0.15, 0.2) is 28.1 Å². The highest BCUT2D eigenvalue weighted by Gasteiger charge is 2.36. The lowest BCUT2D eigenvalue weighted by molar-refractivity contribution is -0.137. The first-order valence-corrected chi connectivity index (χ1v) is 16.4. The fourth-order valence-electron chi connectivity index (χ4n) is 1.96. The van der Waals surface area contributed by atoms with Crippen molar-refractivity contribution in [2.45, 2.75) is 39.3 Å². The molecule has 6 nitrogen and oxygen atoms in total. The summed E-state index contributed by atoms with van der Waals surface area (Å²) in [7, 11) is -5.68. The number of aromatic hydroxyl groups is 1. The summed E-state index contributed by atoms with van der Waals surface area (Å²) in [6, 6.07) is 6.64. The molecule has 1 N–H and O–H groups in total. The predicted octanol–water partition coefficient (Wildman–Crippen LogP) is 4.66. The molecule has 9 heteroatoms. The lowest BCUT2D eigenvalue weighted by Crippen LogP contribution is -2.29. The number of phenolic OH excluding ortho intramolecular Hbond substituents is 1. The van der Waals surface area contributed by atoms with E-state index in [0.717, 1.165) is 0 Å². The van der Waals surface area contributed by atoms with Crippen molar-refractivity contribution in [3.05, 3.63) is 24.3 Å². The molecule has 0 saturated heterocycles. The molecular weight excluding hydrogens is 361 g/mol. The van der Waals surface area contributed by atoms with Crippen LogP contribution in [-0.4, -0.2) is 40.9 Å². The summed E-state index contributed by atoms with van der Waals surface area (Å²) in [5.74, 6) is -0.161. The maximum absolute atomic E-state index is 12.0. The summed E-state index contributed by atoms with van der Waals surface area (Å²) in [4.78, 5) is 12.0. The Morgan fingerprint density at radius 2 is 1.75 bits per heavy atom. The number of carbonyl (C=O) groups excluding carboxylic acids is 1. The number of hydrogen-bond acceptors (Lipinski definition) is 6. The van der Waals surface area contributed by atoms with Crippen LogP contribution in [0, 0.1) is 0 Å². The number of nitrogens with zero attached hydrogens (tertiary/aromatic N) is 1. The number of ether oxygens (including phenoxy) is 1. The highest BCUT2D eigenvalue weighted by Crippen LogP contribution is 2.56. The van der Waals surface area contributed by atoms with Gasteiger partial charge in [0, 0.05) is 0 Å². The van der Waals surface area contributed by atoms with Crippen LogP contribution in [0.25, 0.3) is 0 Å². The maximum Gasteiger partial charge on any atom is 0.317 e. The molecule has 1 rings (SSSR count). The molecule has 0 spiro atoms. The SMILES string of the molecule is COC(=O)CP(=N[Si](C)(C)C)(Oc1ccccc1O)O[Si](C)(C)C. The van der Waals surface area contributed by atoms with E-state index in [1.54, 1.807) is 18.2 Å². The molecule has 0 fully saturated rings. The van der Waals surface area contributed by atoms with Crippen LogP contribution < -0.4 is 4.52 Å². The van der Waals surface area contributed by atoms with Gasteiger partial charge in [0.25, 0.3) is 7.51 Å². The van der Waals surface area contributed by atoms with Crippen LogP contribution in [0.1, 0.15) is 0 Å². The molecule has 0 heterocycles. The molecule has 0 amide bonds. The van der Waals surface area contributed by atoms with Crippen molar-refractivity contribution in [2.75, 3.05) is 13.3 Å². The lowest BCUT2D eigenvalue weighted by Gasteiger charge is -2.33. The van der Waals surface area contributed by atoms with Crippen molar-refractivity contribution in [3.8, 4) is 11.5 Å². The molecule has 1 aromatic rings. The minimum atomic E-state index is -2.95. The molecule has 0 aliphatic rings. The second kappa shape index (κ2) is 7.86. The van der Waals surface area contributed by atoms with E-state index in [1.807, 2.05) is 19.6 Å². The van der Waals surface area contributed by atoms with Crippen molar-refractivity contribution in [1.29, 1.82) is 0 Å². The van der Waals surface area contributed by atoms with Gasteiger partial charge in [0.05, 0.1) is 7.11 Å². The van der Waals surface area contributed by atoms with Crippen molar-refractivity contribution in [2.24, 2.45) is 4.41 Å². The van der Waals surface area contributed by atoms with Gasteiger partial charge in [0.2, 0.25) is 0 Å². The zero-order valence-corrected chi connectivity index (χ0v) is 18.4. The Bertz CT molecular complexity index is 637. The van der Waals surface area contributed by atoms with E-state index in [-0.39, 0.29) is 17.7 Å². The normalized spacial score (nSPS) is 14.6. The second-order valence-corrected chi connectivity index (χ2v) is 19.3. The first kappa shape index (κ1) is 21.0. The fraction of sp³-hybridized carbons (Fsp3) is 0.533. The van der Waals surface area contributed by atoms with Crippen LogP contribution >= 0.6 is 7.51 Å². The Balaban J connectivity index is 3.47. The summed E-state index contributed by atoms with van der Waals surface area (Å²) in [6.45, 7) is 12.2. The average molecular weight is 390 g/mol. The van der Waals surface area contributed by atoms with Crippen LogP contribution in [0.4, 0.5) is 0 Å². The monoisotopic (exact) mass is 389 g/mol. The first-order chi connectivity index (χ1) is 10.9. The minimum Gasteiger partial charge on any atom is -0.504 e. The minimum absolute atomic E-state index is 0.00306. The zero-order valence-electron chi connectivity index (χ0n) is 15.5. The molecule has 0 aliphatic heterocycles. The van der Waals surface area contributed by atoms with Crippen LogP contribution in [0.15, 0.2) is 28.7 Å². The average Bonchev–Trinajstić information content (AvgIpc) is 2.37. The maximum atomic E-state index is 12.0. The van der Waals surface area contributed by atoms with Gasteiger partial charge in [-0.1, -0.05) is 12.1 Å². The summed E-state index contributed by atoms with van der Waals surface area (Å²) in [6.07, 6.45) is -0.0631. The number of benzene rings is 1. The number of rotatable bonds is 7. The number of hydrogen-bond donors (Lipinski definition) is 1. The smallest absolute Gasteiger partial charge is 0.317 e. The molecule has 1 unspecified atom stereocenters. The second-order valence-electron chi connectivity index (χ2n) is 7.41. The Morgan fingerprint density at radius 1 is 1.17 bits per heavy atom. The van der Waals surface area contributed by atoms with E-state index in [2.05, 4.69) is 19.6 Å². The standard InChI is InChI=1S/C15H28NO5PSi2/c1-19-15(18)12-22(16-23(2,3)4,21-24(5,6)7)20-14-11-9-8-10-13(14)17/h8-11,17H,12H2,1-7H3. The Kier molecular flexibility index (Phi) is 6.87. The van der Waals surface area contributed by atoms with Crippen molar-refractivity contribution >= 4 is 30.0 Å². The van der Waals surface area contributed by atoms with Gasteiger partial charge < -0.3 is 18.6 Å². The van der Waals surface area contributed by atoms with Gasteiger partial charge >= 0.3 is 5.97 Å². The number of phenols is 1. The highest BCUT2D eigenvalue weighted by atomic mass is 31.2. The molecule has 24 heavy (non-hydrogen) atoms. The molecule has 1 aromatic carbocycles. The van der Waals surface area contributed by atoms with E-state index in [1.165, 1.54) is 13.2 Å². The predicted molar refractivity (Wildman–Crippen MR) is 103 cm³/mol. The number of methoxy groups -OCH3 is 1. The third-order valence-corrected chi connectivity index (χ3v) is 10.6. The van der Waals surface area contributed by atoms with Gasteiger partial charge in [-0.3, -0.25) is 9.21 Å². The Labute approximate surface area is 146 Å². The quantitative estimate of drug-likeness (QED) is 0.417. The summed E-state index contributed by atoms with van der Waals surface area (Å²) >= 11 is 0. The lowest BCUT2D eigenvalue weighted by atomic mass is 10.3. The zero-order chi connectivity index (χ0) is 18.6. The third-order valence-electron chi connectivity index (χ3n) is 2.53. The molecule has 136 valence electrons. The largest absolute Gasteiger partial charge is 0.504 e. The Hall–Kier alpha value is -1.09. The molecule has 0 bridgehead atoms. The van der Waals surface area contributed by atoms with Gasteiger partial charge in [0.1, 0.15) is 6.16 Å².